The van der Waals surface area contributed by atoms with Crippen molar-refractivity contribution in [1.29, 1.82) is 0 Å². The first-order chi connectivity index (χ1) is 11.3. The number of nitrogens with one attached hydrogen (secondary N) is 1. The molecule has 0 saturated heterocycles. The molecule has 23 heavy (non-hydrogen) atoms. The highest BCUT2D eigenvalue weighted by molar-refractivity contribution is 5.43. The fourth-order valence-corrected chi connectivity index (χ4v) is 3.21. The molecule has 6 heteroatoms. The lowest BCUT2D eigenvalue weighted by Gasteiger charge is -2.20. The number of nitrogens with zero attached hydrogens (tertiary/aromatic N) is 3. The monoisotopic (exact) mass is 314 g/mol. The van der Waals surface area contributed by atoms with Crippen molar-refractivity contribution in [2.45, 2.75) is 45.3 Å². The Hall–Kier alpha value is -2.08. The lowest BCUT2D eigenvalue weighted by atomic mass is 10.1. The van der Waals surface area contributed by atoms with E-state index in [0.29, 0.717) is 13.2 Å². The van der Waals surface area contributed by atoms with Gasteiger partial charge in [0.25, 0.3) is 0 Å². The molecule has 4 rings (SSSR count). The Morgan fingerprint density at radius 1 is 1.17 bits per heavy atom. The van der Waals surface area contributed by atoms with Crippen LogP contribution in [0.2, 0.25) is 0 Å². The van der Waals surface area contributed by atoms with Gasteiger partial charge in [-0.15, -0.1) is 10.2 Å². The van der Waals surface area contributed by atoms with Gasteiger partial charge in [0.15, 0.2) is 11.5 Å². The van der Waals surface area contributed by atoms with Crippen LogP contribution in [0.1, 0.15) is 43.0 Å². The van der Waals surface area contributed by atoms with Crippen LogP contribution in [0.15, 0.2) is 18.2 Å². The van der Waals surface area contributed by atoms with Crippen LogP contribution in [0.25, 0.3) is 0 Å². The van der Waals surface area contributed by atoms with Crippen molar-refractivity contribution < 1.29 is 9.47 Å². The van der Waals surface area contributed by atoms with Crippen LogP contribution >= 0.6 is 0 Å². The molecule has 2 aromatic rings. The molecule has 0 spiro atoms. The van der Waals surface area contributed by atoms with Gasteiger partial charge >= 0.3 is 0 Å². The van der Waals surface area contributed by atoms with Gasteiger partial charge in [-0.1, -0.05) is 6.07 Å². The molecule has 0 fully saturated rings. The molecule has 0 amide bonds. The van der Waals surface area contributed by atoms with Gasteiger partial charge in [-0.2, -0.15) is 0 Å². The summed E-state index contributed by atoms with van der Waals surface area (Å²) in [6, 6.07) is 6.28. The number of fused-ring (bicyclic) bond motifs is 2. The maximum absolute atomic E-state index is 5.64. The van der Waals surface area contributed by atoms with E-state index in [1.54, 1.807) is 0 Å². The van der Waals surface area contributed by atoms with E-state index in [0.717, 1.165) is 42.7 Å². The molecule has 122 valence electrons. The summed E-state index contributed by atoms with van der Waals surface area (Å²) in [4.78, 5) is 0. The number of ether oxygens (including phenoxy) is 2. The molecule has 1 N–H and O–H groups in total. The van der Waals surface area contributed by atoms with E-state index < -0.39 is 0 Å². The van der Waals surface area contributed by atoms with E-state index in [4.69, 9.17) is 9.47 Å². The molecule has 0 aliphatic carbocycles. The van der Waals surface area contributed by atoms with Crippen molar-refractivity contribution in [2.24, 2.45) is 0 Å². The maximum atomic E-state index is 5.64. The summed E-state index contributed by atoms with van der Waals surface area (Å²) in [6.45, 7) is 5.18. The van der Waals surface area contributed by atoms with E-state index in [1.807, 2.05) is 12.1 Å². The zero-order valence-electron chi connectivity index (χ0n) is 13.4. The fourth-order valence-electron chi connectivity index (χ4n) is 3.21. The van der Waals surface area contributed by atoms with Crippen LogP contribution in [0.5, 0.6) is 11.5 Å². The molecule has 2 aliphatic rings. The third-order valence-electron chi connectivity index (χ3n) is 4.49. The smallest absolute Gasteiger partial charge is 0.161 e. The van der Waals surface area contributed by atoms with E-state index in [9.17, 15) is 0 Å². The van der Waals surface area contributed by atoms with Gasteiger partial charge in [0.05, 0.1) is 6.04 Å². The lowest BCUT2D eigenvalue weighted by molar-refractivity contribution is 0.171. The van der Waals surface area contributed by atoms with Gasteiger partial charge in [0.1, 0.15) is 24.9 Å². The summed E-state index contributed by atoms with van der Waals surface area (Å²) in [5.41, 5.74) is 1.18. The van der Waals surface area contributed by atoms with Crippen molar-refractivity contribution in [3.8, 4) is 11.5 Å². The molecular formula is C17H22N4O2. The molecule has 6 nitrogen and oxygen atoms in total. The molecule has 1 aromatic heterocycles. The average molecular weight is 314 g/mol. The normalized spacial score (nSPS) is 17.6. The Balaban J connectivity index is 1.43. The van der Waals surface area contributed by atoms with Crippen LogP contribution in [0.3, 0.4) is 0 Å². The van der Waals surface area contributed by atoms with E-state index >= 15 is 0 Å². The minimum atomic E-state index is 0.169. The second-order valence-corrected chi connectivity index (χ2v) is 6.16. The zero-order chi connectivity index (χ0) is 15.6. The molecule has 3 heterocycles. The second-order valence-electron chi connectivity index (χ2n) is 6.16. The standard InChI is InChI=1S/C17H22N4O2/c1-12(17-20-19-16-4-2-3-7-21(16)17)18-11-13-5-6-14-15(10-13)23-9-8-22-14/h5-6,10,12,18H,2-4,7-9,11H2,1H3/t12-/m0/s1. The second kappa shape index (κ2) is 6.20. The van der Waals surface area contributed by atoms with Crippen molar-refractivity contribution in [2.75, 3.05) is 13.2 Å². The highest BCUT2D eigenvalue weighted by Crippen LogP contribution is 2.30. The van der Waals surface area contributed by atoms with Crippen LogP contribution in [0.4, 0.5) is 0 Å². The maximum Gasteiger partial charge on any atom is 0.161 e. The highest BCUT2D eigenvalue weighted by Gasteiger charge is 2.20. The Morgan fingerprint density at radius 3 is 2.96 bits per heavy atom. The summed E-state index contributed by atoms with van der Waals surface area (Å²) in [7, 11) is 0. The summed E-state index contributed by atoms with van der Waals surface area (Å²) in [5, 5.41) is 12.3. The van der Waals surface area contributed by atoms with Crippen LogP contribution in [-0.2, 0) is 19.5 Å². The van der Waals surface area contributed by atoms with Crippen molar-refractivity contribution >= 4 is 0 Å². The summed E-state index contributed by atoms with van der Waals surface area (Å²) < 4.78 is 13.5. The van der Waals surface area contributed by atoms with E-state index in [-0.39, 0.29) is 6.04 Å². The molecule has 0 radical (unpaired) electrons. The molecule has 0 saturated carbocycles. The number of hydrogen-bond donors (Lipinski definition) is 1. The van der Waals surface area contributed by atoms with Gasteiger partial charge in [-0.3, -0.25) is 0 Å². The summed E-state index contributed by atoms with van der Waals surface area (Å²) >= 11 is 0. The van der Waals surface area contributed by atoms with E-state index in [1.165, 1.54) is 18.4 Å². The third kappa shape index (κ3) is 2.91. The average Bonchev–Trinajstić information content (AvgIpc) is 3.03. The Morgan fingerprint density at radius 2 is 2.04 bits per heavy atom. The molecule has 1 aromatic carbocycles. The first-order valence-electron chi connectivity index (χ1n) is 8.35. The fraction of sp³-hybridized carbons (Fsp3) is 0.529. The van der Waals surface area contributed by atoms with Gasteiger partial charge in [-0.05, 0) is 37.5 Å². The Labute approximate surface area is 135 Å². The Bertz CT molecular complexity index is 698. The quantitative estimate of drug-likeness (QED) is 0.938. The number of benzene rings is 1. The van der Waals surface area contributed by atoms with Gasteiger partial charge < -0.3 is 19.4 Å². The molecule has 2 aliphatic heterocycles. The molecular weight excluding hydrogens is 292 g/mol. The number of aromatic nitrogens is 3. The minimum Gasteiger partial charge on any atom is -0.486 e. The molecule has 0 unspecified atom stereocenters. The SMILES string of the molecule is C[C@H](NCc1ccc2c(c1)OCCO2)c1nnc2n1CCCC2. The summed E-state index contributed by atoms with van der Waals surface area (Å²) in [6.07, 6.45) is 3.48. The first kappa shape index (κ1) is 14.5. The van der Waals surface area contributed by atoms with E-state index in [2.05, 4.69) is 33.1 Å². The summed E-state index contributed by atoms with van der Waals surface area (Å²) in [5.74, 6) is 3.83. The topological polar surface area (TPSA) is 61.2 Å². The highest BCUT2D eigenvalue weighted by atomic mass is 16.6. The van der Waals surface area contributed by atoms with Crippen LogP contribution in [-0.4, -0.2) is 28.0 Å². The first-order valence-corrected chi connectivity index (χ1v) is 8.35. The van der Waals surface area contributed by atoms with Crippen molar-refractivity contribution in [3.63, 3.8) is 0 Å². The zero-order valence-corrected chi connectivity index (χ0v) is 13.4. The number of rotatable bonds is 4. The largest absolute Gasteiger partial charge is 0.486 e. The predicted octanol–water partition coefficient (Wildman–Crippen LogP) is 2.24. The third-order valence-corrected chi connectivity index (χ3v) is 4.49. The minimum absolute atomic E-state index is 0.169. The van der Waals surface area contributed by atoms with Gasteiger partial charge in [-0.25, -0.2) is 0 Å². The number of aryl methyl sites for hydroxylation is 1. The van der Waals surface area contributed by atoms with Crippen molar-refractivity contribution in [3.05, 3.63) is 35.4 Å². The van der Waals surface area contributed by atoms with Gasteiger partial charge in [0.2, 0.25) is 0 Å². The number of hydrogen-bond acceptors (Lipinski definition) is 5. The van der Waals surface area contributed by atoms with Gasteiger partial charge in [0, 0.05) is 19.5 Å². The van der Waals surface area contributed by atoms with Crippen molar-refractivity contribution in [1.82, 2.24) is 20.1 Å². The van der Waals surface area contributed by atoms with Crippen LogP contribution in [0, 0.1) is 0 Å². The predicted molar refractivity (Wildman–Crippen MR) is 85.6 cm³/mol. The Kier molecular flexibility index (Phi) is 3.91. The molecule has 1 atom stereocenters. The van der Waals surface area contributed by atoms with Crippen LogP contribution < -0.4 is 14.8 Å². The lowest BCUT2D eigenvalue weighted by Crippen LogP contribution is -2.23. The molecule has 0 bridgehead atoms.